The van der Waals surface area contributed by atoms with Gasteiger partial charge < -0.3 is 9.47 Å². The molecule has 4 rings (SSSR count). The Bertz CT molecular complexity index is 1270. The van der Waals surface area contributed by atoms with Gasteiger partial charge in [-0.05, 0) is 47.5 Å². The molecular weight excluding hydrogens is 564 g/mol. The Morgan fingerprint density at radius 1 is 0.842 bits per heavy atom. The number of sulfonamides is 1. The lowest BCUT2D eigenvalue weighted by atomic mass is 10.0. The summed E-state index contributed by atoms with van der Waals surface area (Å²) < 4.78 is 75.0. The summed E-state index contributed by atoms with van der Waals surface area (Å²) in [7, 11) is -3.97. The van der Waals surface area contributed by atoms with E-state index >= 15 is 0 Å². The number of halogens is 5. The second kappa shape index (κ2) is 12.2. The SMILES string of the molecule is O=S(=O)(c1cccc(OC(F)(F)F)c1)N1CCN(CCOC(c2ccc(Cl)cc2)c2ccc(Cl)cc2)CC1. The zero-order valence-corrected chi connectivity index (χ0v) is 22.4. The van der Waals surface area contributed by atoms with E-state index in [2.05, 4.69) is 9.64 Å². The number of benzene rings is 3. The minimum absolute atomic E-state index is 0.199. The van der Waals surface area contributed by atoms with Gasteiger partial charge >= 0.3 is 6.36 Å². The highest BCUT2D eigenvalue weighted by Gasteiger charge is 2.33. The number of nitrogens with zero attached hydrogens (tertiary/aromatic N) is 2. The van der Waals surface area contributed by atoms with Gasteiger partial charge in [0.25, 0.3) is 0 Å². The molecule has 1 heterocycles. The van der Waals surface area contributed by atoms with Crippen LogP contribution in [0.5, 0.6) is 5.75 Å². The maximum Gasteiger partial charge on any atom is 0.573 e. The predicted molar refractivity (Wildman–Crippen MR) is 139 cm³/mol. The number of hydrogen-bond acceptors (Lipinski definition) is 5. The van der Waals surface area contributed by atoms with Crippen molar-refractivity contribution in [1.29, 1.82) is 0 Å². The van der Waals surface area contributed by atoms with E-state index in [-0.39, 0.29) is 24.1 Å². The standard InChI is InChI=1S/C26H25Cl2F3N2O4S/c27-21-8-4-19(5-9-21)25(20-6-10-22(28)11-7-20)36-17-16-32-12-14-33(15-13-32)38(34,35)24-3-1-2-23(18-24)37-26(29,30)31/h1-11,18,25H,12-17H2. The molecule has 0 bridgehead atoms. The normalized spacial score (nSPS) is 15.6. The molecule has 1 aliphatic rings. The third-order valence-corrected chi connectivity index (χ3v) is 8.44. The molecule has 3 aromatic carbocycles. The molecule has 0 amide bonds. The van der Waals surface area contributed by atoms with Gasteiger partial charge in [0.2, 0.25) is 10.0 Å². The molecule has 0 aromatic heterocycles. The highest BCUT2D eigenvalue weighted by atomic mass is 35.5. The van der Waals surface area contributed by atoms with Gasteiger partial charge in [-0.15, -0.1) is 13.2 Å². The fourth-order valence-electron chi connectivity index (χ4n) is 4.13. The number of ether oxygens (including phenoxy) is 2. The molecule has 0 N–H and O–H groups in total. The maximum absolute atomic E-state index is 13.0. The van der Waals surface area contributed by atoms with Crippen molar-refractivity contribution >= 4 is 33.2 Å². The van der Waals surface area contributed by atoms with E-state index < -0.39 is 22.1 Å². The molecule has 0 spiro atoms. The first-order valence-corrected chi connectivity index (χ1v) is 13.9. The van der Waals surface area contributed by atoms with E-state index in [9.17, 15) is 21.6 Å². The summed E-state index contributed by atoms with van der Waals surface area (Å²) in [6.07, 6.45) is -5.24. The summed E-state index contributed by atoms with van der Waals surface area (Å²) in [6.45, 7) is 2.26. The van der Waals surface area contributed by atoms with Crippen LogP contribution in [0.1, 0.15) is 17.2 Å². The fraction of sp³-hybridized carbons (Fsp3) is 0.308. The number of piperazine rings is 1. The molecule has 0 unspecified atom stereocenters. The van der Waals surface area contributed by atoms with Crippen LogP contribution < -0.4 is 4.74 Å². The zero-order chi connectivity index (χ0) is 27.3. The van der Waals surface area contributed by atoms with Crippen molar-refractivity contribution in [1.82, 2.24) is 9.21 Å². The van der Waals surface area contributed by atoms with Crippen molar-refractivity contribution in [2.75, 3.05) is 39.3 Å². The quantitative estimate of drug-likeness (QED) is 0.306. The molecule has 0 radical (unpaired) electrons. The topological polar surface area (TPSA) is 59.1 Å². The van der Waals surface area contributed by atoms with Gasteiger partial charge in [-0.25, -0.2) is 8.42 Å². The van der Waals surface area contributed by atoms with Crippen LogP contribution in [-0.4, -0.2) is 63.3 Å². The Balaban J connectivity index is 1.34. The van der Waals surface area contributed by atoms with E-state index in [1.54, 1.807) is 24.3 Å². The lowest BCUT2D eigenvalue weighted by Crippen LogP contribution is -2.49. The van der Waals surface area contributed by atoms with Crippen LogP contribution >= 0.6 is 23.2 Å². The van der Waals surface area contributed by atoms with Gasteiger partial charge in [-0.3, -0.25) is 4.90 Å². The zero-order valence-electron chi connectivity index (χ0n) is 20.1. The van der Waals surface area contributed by atoms with Crippen molar-refractivity contribution in [3.8, 4) is 5.75 Å². The molecule has 1 saturated heterocycles. The van der Waals surface area contributed by atoms with E-state index in [1.165, 1.54) is 16.4 Å². The molecule has 204 valence electrons. The first-order valence-electron chi connectivity index (χ1n) is 11.7. The van der Waals surface area contributed by atoms with Gasteiger partial charge in [0.05, 0.1) is 11.5 Å². The highest BCUT2D eigenvalue weighted by Crippen LogP contribution is 2.29. The molecule has 38 heavy (non-hydrogen) atoms. The van der Waals surface area contributed by atoms with Crippen molar-refractivity contribution < 1.29 is 31.1 Å². The molecular formula is C26H25Cl2F3N2O4S. The average molecular weight is 589 g/mol. The largest absolute Gasteiger partial charge is 0.573 e. The first-order chi connectivity index (χ1) is 18.0. The summed E-state index contributed by atoms with van der Waals surface area (Å²) in [5, 5.41) is 1.24. The van der Waals surface area contributed by atoms with Gasteiger partial charge in [0, 0.05) is 48.8 Å². The van der Waals surface area contributed by atoms with E-state index in [1.807, 2.05) is 24.3 Å². The third-order valence-electron chi connectivity index (χ3n) is 6.05. The second-order valence-corrected chi connectivity index (χ2v) is 11.4. The minimum Gasteiger partial charge on any atom is -0.406 e. The van der Waals surface area contributed by atoms with Crippen molar-refractivity contribution in [2.24, 2.45) is 0 Å². The third kappa shape index (κ3) is 7.62. The lowest BCUT2D eigenvalue weighted by molar-refractivity contribution is -0.274. The predicted octanol–water partition coefficient (Wildman–Crippen LogP) is 6.00. The Kier molecular flexibility index (Phi) is 9.23. The van der Waals surface area contributed by atoms with Gasteiger partial charge in [-0.2, -0.15) is 4.31 Å². The van der Waals surface area contributed by atoms with Crippen LogP contribution in [-0.2, 0) is 14.8 Å². The smallest absolute Gasteiger partial charge is 0.406 e. The molecule has 0 aliphatic carbocycles. The minimum atomic E-state index is -4.91. The van der Waals surface area contributed by atoms with E-state index in [0.717, 1.165) is 23.3 Å². The summed E-state index contributed by atoms with van der Waals surface area (Å²) >= 11 is 12.1. The monoisotopic (exact) mass is 588 g/mol. The van der Waals surface area contributed by atoms with Crippen LogP contribution in [0.2, 0.25) is 10.0 Å². The first kappa shape index (κ1) is 28.7. The van der Waals surface area contributed by atoms with Crippen LogP contribution in [0.25, 0.3) is 0 Å². The summed E-state index contributed by atoms with van der Waals surface area (Å²) in [4.78, 5) is 1.83. The Morgan fingerprint density at radius 3 is 1.92 bits per heavy atom. The molecule has 0 saturated carbocycles. The maximum atomic E-state index is 13.0. The molecule has 1 fully saturated rings. The van der Waals surface area contributed by atoms with Crippen molar-refractivity contribution in [2.45, 2.75) is 17.4 Å². The van der Waals surface area contributed by atoms with Crippen LogP contribution in [0.3, 0.4) is 0 Å². The molecule has 12 heteroatoms. The molecule has 3 aromatic rings. The summed E-state index contributed by atoms with van der Waals surface area (Å²) in [6, 6.07) is 19.2. The molecule has 6 nitrogen and oxygen atoms in total. The van der Waals surface area contributed by atoms with Crippen LogP contribution in [0.4, 0.5) is 13.2 Å². The molecule has 0 atom stereocenters. The van der Waals surface area contributed by atoms with Gasteiger partial charge in [0.1, 0.15) is 11.9 Å². The van der Waals surface area contributed by atoms with Crippen LogP contribution in [0, 0.1) is 0 Å². The summed E-state index contributed by atoms with van der Waals surface area (Å²) in [5.41, 5.74) is 1.87. The van der Waals surface area contributed by atoms with Gasteiger partial charge in [0.15, 0.2) is 0 Å². The molecule has 1 aliphatic heterocycles. The number of alkyl halides is 3. The fourth-order valence-corrected chi connectivity index (χ4v) is 5.84. The second-order valence-electron chi connectivity index (χ2n) is 8.62. The Morgan fingerprint density at radius 2 is 1.39 bits per heavy atom. The van der Waals surface area contributed by atoms with Crippen molar-refractivity contribution in [3.63, 3.8) is 0 Å². The van der Waals surface area contributed by atoms with Crippen molar-refractivity contribution in [3.05, 3.63) is 94.0 Å². The average Bonchev–Trinajstić information content (AvgIpc) is 2.87. The number of rotatable bonds is 9. The summed E-state index contributed by atoms with van der Waals surface area (Å²) in [5.74, 6) is -0.578. The van der Waals surface area contributed by atoms with E-state index in [0.29, 0.717) is 36.3 Å². The Labute approximate surface area is 229 Å². The lowest BCUT2D eigenvalue weighted by Gasteiger charge is -2.34. The van der Waals surface area contributed by atoms with Crippen LogP contribution in [0.15, 0.2) is 77.7 Å². The van der Waals surface area contributed by atoms with E-state index in [4.69, 9.17) is 27.9 Å². The Hall–Kier alpha value is -2.34. The van der Waals surface area contributed by atoms with Gasteiger partial charge in [-0.1, -0.05) is 53.5 Å². The highest BCUT2D eigenvalue weighted by molar-refractivity contribution is 7.89. The number of hydrogen-bond donors (Lipinski definition) is 0.